The molecule has 1 aromatic carbocycles. The summed E-state index contributed by atoms with van der Waals surface area (Å²) in [5.74, 6) is 0.764. The molecular formula is C20H33N3O. The second kappa shape index (κ2) is 7.56. The van der Waals surface area contributed by atoms with Gasteiger partial charge in [0.15, 0.2) is 0 Å². The normalized spacial score (nSPS) is 18.3. The van der Waals surface area contributed by atoms with Gasteiger partial charge in [0.1, 0.15) is 0 Å². The minimum absolute atomic E-state index is 0.174. The van der Waals surface area contributed by atoms with Gasteiger partial charge in [0.25, 0.3) is 5.91 Å². The van der Waals surface area contributed by atoms with Crippen molar-refractivity contribution >= 4 is 11.6 Å². The van der Waals surface area contributed by atoms with Gasteiger partial charge >= 0.3 is 0 Å². The molecule has 0 unspecified atom stereocenters. The minimum Gasteiger partial charge on any atom is -0.384 e. The number of hydrogen-bond donors (Lipinski definition) is 1. The highest BCUT2D eigenvalue weighted by atomic mass is 16.2. The lowest BCUT2D eigenvalue weighted by Crippen LogP contribution is -2.31. The SMILES string of the molecule is Cc1c(NCC(C)(C)C)cccc1C(=O)N1CC[C@@H](CN(C)C)C1. The number of nitrogens with zero attached hydrogens (tertiary/aromatic N) is 2. The van der Waals surface area contributed by atoms with Crippen molar-refractivity contribution < 1.29 is 4.79 Å². The second-order valence-corrected chi connectivity index (χ2v) is 8.56. The predicted octanol–water partition coefficient (Wildman–Crippen LogP) is 3.48. The zero-order valence-electron chi connectivity index (χ0n) is 16.1. The molecule has 0 aliphatic carbocycles. The van der Waals surface area contributed by atoms with E-state index >= 15 is 0 Å². The topological polar surface area (TPSA) is 35.6 Å². The van der Waals surface area contributed by atoms with Crippen LogP contribution in [-0.4, -0.2) is 56.0 Å². The highest BCUT2D eigenvalue weighted by Crippen LogP contribution is 2.25. The molecule has 2 rings (SSSR count). The standard InChI is InChI=1S/C20H33N3O/c1-15-17(8-7-9-18(15)21-14-20(2,3)4)19(24)23-11-10-16(13-23)12-22(5)6/h7-9,16,21H,10-14H2,1-6H3/t16-/m0/s1. The van der Waals surface area contributed by atoms with Gasteiger partial charge < -0.3 is 15.1 Å². The quantitative estimate of drug-likeness (QED) is 0.897. The van der Waals surface area contributed by atoms with E-state index in [0.29, 0.717) is 5.92 Å². The molecule has 0 radical (unpaired) electrons. The van der Waals surface area contributed by atoms with E-state index in [1.165, 1.54) is 0 Å². The molecule has 1 fully saturated rings. The van der Waals surface area contributed by atoms with E-state index in [1.807, 2.05) is 24.0 Å². The molecule has 0 bridgehead atoms. The van der Waals surface area contributed by atoms with E-state index in [2.05, 4.69) is 51.1 Å². The maximum absolute atomic E-state index is 12.9. The molecule has 1 heterocycles. The molecule has 4 heteroatoms. The highest BCUT2D eigenvalue weighted by Gasteiger charge is 2.28. The Morgan fingerprint density at radius 1 is 1.33 bits per heavy atom. The van der Waals surface area contributed by atoms with Gasteiger partial charge in [0.05, 0.1) is 0 Å². The number of rotatable bonds is 5. The number of nitrogens with one attached hydrogen (secondary N) is 1. The first-order valence-corrected chi connectivity index (χ1v) is 8.95. The number of carbonyl (C=O) groups excluding carboxylic acids is 1. The van der Waals surface area contributed by atoms with E-state index < -0.39 is 0 Å². The van der Waals surface area contributed by atoms with Crippen molar-refractivity contribution in [2.75, 3.05) is 45.6 Å². The van der Waals surface area contributed by atoms with E-state index in [-0.39, 0.29) is 11.3 Å². The van der Waals surface area contributed by atoms with Crippen molar-refractivity contribution in [2.45, 2.75) is 34.1 Å². The van der Waals surface area contributed by atoms with Crippen molar-refractivity contribution in [3.8, 4) is 0 Å². The van der Waals surface area contributed by atoms with Crippen molar-refractivity contribution in [3.63, 3.8) is 0 Å². The summed E-state index contributed by atoms with van der Waals surface area (Å²) in [5.41, 5.74) is 3.17. The Morgan fingerprint density at radius 3 is 2.67 bits per heavy atom. The summed E-state index contributed by atoms with van der Waals surface area (Å²) >= 11 is 0. The summed E-state index contributed by atoms with van der Waals surface area (Å²) in [6.45, 7) is 12.4. The Hall–Kier alpha value is -1.55. The van der Waals surface area contributed by atoms with Gasteiger partial charge in [-0.1, -0.05) is 26.8 Å². The summed E-state index contributed by atoms with van der Waals surface area (Å²) < 4.78 is 0. The number of anilines is 1. The van der Waals surface area contributed by atoms with Crippen LogP contribution in [0.5, 0.6) is 0 Å². The van der Waals surface area contributed by atoms with Crippen molar-refractivity contribution in [1.82, 2.24) is 9.80 Å². The van der Waals surface area contributed by atoms with Crippen molar-refractivity contribution in [3.05, 3.63) is 29.3 Å². The fraction of sp³-hybridized carbons (Fsp3) is 0.650. The summed E-state index contributed by atoms with van der Waals surface area (Å²) in [4.78, 5) is 17.2. The molecule has 1 aromatic rings. The third kappa shape index (κ3) is 4.97. The van der Waals surface area contributed by atoms with Crippen LogP contribution in [0, 0.1) is 18.3 Å². The van der Waals surface area contributed by atoms with Gasteiger partial charge in [-0.25, -0.2) is 0 Å². The molecule has 134 valence electrons. The van der Waals surface area contributed by atoms with Crippen LogP contribution in [0.15, 0.2) is 18.2 Å². The number of carbonyl (C=O) groups is 1. The van der Waals surface area contributed by atoms with E-state index in [0.717, 1.165) is 49.4 Å². The zero-order valence-corrected chi connectivity index (χ0v) is 16.1. The molecule has 1 atom stereocenters. The van der Waals surface area contributed by atoms with Crippen LogP contribution < -0.4 is 5.32 Å². The van der Waals surface area contributed by atoms with Gasteiger partial charge in [0.2, 0.25) is 0 Å². The van der Waals surface area contributed by atoms with E-state index in [1.54, 1.807) is 0 Å². The number of benzene rings is 1. The van der Waals surface area contributed by atoms with Gasteiger partial charge in [-0.15, -0.1) is 0 Å². The molecule has 1 aliphatic rings. The molecule has 4 nitrogen and oxygen atoms in total. The molecule has 1 amide bonds. The first-order valence-electron chi connectivity index (χ1n) is 8.95. The Morgan fingerprint density at radius 2 is 2.04 bits per heavy atom. The summed E-state index contributed by atoms with van der Waals surface area (Å²) in [6, 6.07) is 6.01. The molecule has 1 N–H and O–H groups in total. The Balaban J connectivity index is 2.07. The zero-order chi connectivity index (χ0) is 17.9. The average Bonchev–Trinajstić information content (AvgIpc) is 2.92. The van der Waals surface area contributed by atoms with Crippen LogP contribution in [0.2, 0.25) is 0 Å². The maximum atomic E-state index is 12.9. The van der Waals surface area contributed by atoms with Crippen LogP contribution >= 0.6 is 0 Å². The Labute approximate surface area is 147 Å². The van der Waals surface area contributed by atoms with Gasteiger partial charge in [-0.05, 0) is 56.5 Å². The number of hydrogen-bond acceptors (Lipinski definition) is 3. The number of likely N-dealkylation sites (tertiary alicyclic amines) is 1. The third-order valence-corrected chi connectivity index (χ3v) is 4.57. The van der Waals surface area contributed by atoms with E-state index in [4.69, 9.17) is 0 Å². The maximum Gasteiger partial charge on any atom is 0.254 e. The Kier molecular flexibility index (Phi) is 5.92. The van der Waals surface area contributed by atoms with Crippen molar-refractivity contribution in [2.24, 2.45) is 11.3 Å². The fourth-order valence-corrected chi connectivity index (χ4v) is 3.27. The van der Waals surface area contributed by atoms with Crippen LogP contribution in [0.25, 0.3) is 0 Å². The largest absolute Gasteiger partial charge is 0.384 e. The smallest absolute Gasteiger partial charge is 0.254 e. The van der Waals surface area contributed by atoms with Crippen molar-refractivity contribution in [1.29, 1.82) is 0 Å². The van der Waals surface area contributed by atoms with Crippen LogP contribution in [0.3, 0.4) is 0 Å². The minimum atomic E-state index is 0.174. The van der Waals surface area contributed by atoms with Gasteiger partial charge in [-0.3, -0.25) is 4.79 Å². The predicted molar refractivity (Wildman–Crippen MR) is 102 cm³/mol. The molecule has 1 saturated heterocycles. The lowest BCUT2D eigenvalue weighted by Gasteiger charge is -2.23. The molecule has 0 saturated carbocycles. The third-order valence-electron chi connectivity index (χ3n) is 4.57. The van der Waals surface area contributed by atoms with Crippen LogP contribution in [0.4, 0.5) is 5.69 Å². The molecule has 0 aromatic heterocycles. The molecular weight excluding hydrogens is 298 g/mol. The van der Waals surface area contributed by atoms with Gasteiger partial charge in [0, 0.05) is 37.4 Å². The first-order chi connectivity index (χ1) is 11.2. The average molecular weight is 332 g/mol. The summed E-state index contributed by atoms with van der Waals surface area (Å²) in [6.07, 6.45) is 1.10. The lowest BCUT2D eigenvalue weighted by atomic mass is 9.96. The summed E-state index contributed by atoms with van der Waals surface area (Å²) in [5, 5.41) is 3.50. The highest BCUT2D eigenvalue weighted by molar-refractivity contribution is 5.97. The molecule has 24 heavy (non-hydrogen) atoms. The van der Waals surface area contributed by atoms with Crippen LogP contribution in [-0.2, 0) is 0 Å². The monoisotopic (exact) mass is 331 g/mol. The first kappa shape index (κ1) is 18.8. The number of amides is 1. The van der Waals surface area contributed by atoms with Crippen LogP contribution in [0.1, 0.15) is 43.1 Å². The molecule has 0 spiro atoms. The van der Waals surface area contributed by atoms with E-state index in [9.17, 15) is 4.79 Å². The Bertz CT molecular complexity index is 575. The van der Waals surface area contributed by atoms with Gasteiger partial charge in [-0.2, -0.15) is 0 Å². The second-order valence-electron chi connectivity index (χ2n) is 8.56. The lowest BCUT2D eigenvalue weighted by molar-refractivity contribution is 0.0784. The molecule has 1 aliphatic heterocycles. The fourth-order valence-electron chi connectivity index (χ4n) is 3.27. The summed E-state index contributed by atoms with van der Waals surface area (Å²) in [7, 11) is 4.19.